The Hall–Kier alpha value is -2.70. The molecule has 0 aliphatic carbocycles. The van der Waals surface area contributed by atoms with Gasteiger partial charge in [-0.3, -0.25) is 4.79 Å². The van der Waals surface area contributed by atoms with E-state index in [1.807, 2.05) is 55.2 Å². The summed E-state index contributed by atoms with van der Waals surface area (Å²) in [6, 6.07) is 7.53. The highest BCUT2D eigenvalue weighted by atomic mass is 16.1. The number of nitrogens with one attached hydrogen (secondary N) is 1. The maximum Gasteiger partial charge on any atom is 0.251 e. The van der Waals surface area contributed by atoms with E-state index in [2.05, 4.69) is 34.1 Å². The number of anilines is 2. The minimum atomic E-state index is -0.0884. The number of aromatic nitrogens is 3. The topological polar surface area (TPSA) is 74.2 Å². The molecule has 0 saturated heterocycles. The molecule has 7 heteroatoms. The number of nitrogens with zero attached hydrogens (tertiary/aromatic N) is 5. The van der Waals surface area contributed by atoms with Gasteiger partial charge in [0.2, 0.25) is 11.9 Å². The predicted octanol–water partition coefficient (Wildman–Crippen LogP) is 2.06. The Bertz CT molecular complexity index is 701. The van der Waals surface area contributed by atoms with Gasteiger partial charge in [0, 0.05) is 46.2 Å². The minimum absolute atomic E-state index is 0.0884. The smallest absolute Gasteiger partial charge is 0.251 e. The van der Waals surface area contributed by atoms with Crippen molar-refractivity contribution in [2.75, 3.05) is 38.0 Å². The Labute approximate surface area is 149 Å². The summed E-state index contributed by atoms with van der Waals surface area (Å²) in [5.74, 6) is 2.19. The van der Waals surface area contributed by atoms with Crippen molar-refractivity contribution in [3.63, 3.8) is 0 Å². The third kappa shape index (κ3) is 4.65. The summed E-state index contributed by atoms with van der Waals surface area (Å²) in [5.41, 5.74) is 1.72. The van der Waals surface area contributed by atoms with Gasteiger partial charge >= 0.3 is 0 Å². The van der Waals surface area contributed by atoms with Gasteiger partial charge in [-0.15, -0.1) is 0 Å². The second-order valence-electron chi connectivity index (χ2n) is 6.47. The third-order valence-corrected chi connectivity index (χ3v) is 3.75. The second kappa shape index (κ2) is 7.92. The molecule has 2 rings (SSSR count). The van der Waals surface area contributed by atoms with Gasteiger partial charge in [0.1, 0.15) is 5.82 Å². The van der Waals surface area contributed by atoms with Crippen LogP contribution in [0.3, 0.4) is 0 Å². The van der Waals surface area contributed by atoms with E-state index in [1.165, 1.54) is 0 Å². The Balaban J connectivity index is 2.22. The maximum atomic E-state index is 11.6. The van der Waals surface area contributed by atoms with Crippen molar-refractivity contribution in [2.24, 2.45) is 0 Å². The molecule has 0 bridgehead atoms. The van der Waals surface area contributed by atoms with E-state index in [-0.39, 0.29) is 11.8 Å². The van der Waals surface area contributed by atoms with Crippen molar-refractivity contribution in [1.29, 1.82) is 0 Å². The van der Waals surface area contributed by atoms with Crippen LogP contribution in [0.1, 0.15) is 41.5 Å². The normalized spacial score (nSPS) is 10.7. The monoisotopic (exact) mass is 342 g/mol. The molecule has 1 amide bonds. The Kier molecular flexibility index (Phi) is 5.90. The fourth-order valence-electron chi connectivity index (χ4n) is 2.25. The molecule has 134 valence electrons. The molecule has 2 aromatic rings. The molecule has 0 radical (unpaired) electrons. The first-order valence-electron chi connectivity index (χ1n) is 8.27. The van der Waals surface area contributed by atoms with Gasteiger partial charge in [-0.2, -0.15) is 15.0 Å². The van der Waals surface area contributed by atoms with E-state index in [0.717, 1.165) is 11.4 Å². The number of rotatable bonds is 6. The number of hydrogen-bond acceptors (Lipinski definition) is 6. The average molecular weight is 342 g/mol. The molecule has 0 spiro atoms. The molecule has 1 heterocycles. The second-order valence-corrected chi connectivity index (χ2v) is 6.47. The van der Waals surface area contributed by atoms with E-state index in [4.69, 9.17) is 0 Å². The van der Waals surface area contributed by atoms with Crippen LogP contribution in [0.15, 0.2) is 24.3 Å². The Morgan fingerprint density at radius 2 is 1.64 bits per heavy atom. The molecule has 25 heavy (non-hydrogen) atoms. The highest BCUT2D eigenvalue weighted by molar-refractivity contribution is 5.93. The highest BCUT2D eigenvalue weighted by Gasteiger charge is 2.14. The summed E-state index contributed by atoms with van der Waals surface area (Å²) >= 11 is 0. The fraction of sp³-hybridized carbons (Fsp3) is 0.444. The molecule has 0 atom stereocenters. The van der Waals surface area contributed by atoms with Crippen LogP contribution in [0.2, 0.25) is 0 Å². The van der Waals surface area contributed by atoms with Crippen LogP contribution in [0.5, 0.6) is 0 Å². The van der Waals surface area contributed by atoms with E-state index >= 15 is 0 Å². The lowest BCUT2D eigenvalue weighted by molar-refractivity contribution is 0.0963. The number of hydrogen-bond donors (Lipinski definition) is 1. The highest BCUT2D eigenvalue weighted by Crippen LogP contribution is 2.18. The molecular formula is C18H26N6O. The van der Waals surface area contributed by atoms with Crippen molar-refractivity contribution < 1.29 is 4.79 Å². The summed E-state index contributed by atoms with van der Waals surface area (Å²) in [6.45, 7) is 4.77. The first-order chi connectivity index (χ1) is 11.8. The molecule has 1 N–H and O–H groups in total. The molecule has 7 nitrogen and oxygen atoms in total. The predicted molar refractivity (Wildman–Crippen MR) is 100 cm³/mol. The van der Waals surface area contributed by atoms with E-state index in [0.29, 0.717) is 24.0 Å². The number of carbonyl (C=O) groups is 1. The first kappa shape index (κ1) is 18.6. The summed E-state index contributed by atoms with van der Waals surface area (Å²) < 4.78 is 0. The van der Waals surface area contributed by atoms with Gasteiger partial charge in [0.05, 0.1) is 0 Å². The molecule has 0 aliphatic rings. The quantitative estimate of drug-likeness (QED) is 0.866. The Morgan fingerprint density at radius 1 is 1.04 bits per heavy atom. The van der Waals surface area contributed by atoms with Crippen molar-refractivity contribution in [1.82, 2.24) is 20.3 Å². The lowest BCUT2D eigenvalue weighted by Gasteiger charge is -2.20. The maximum absolute atomic E-state index is 11.6. The molecule has 0 fully saturated rings. The summed E-state index contributed by atoms with van der Waals surface area (Å²) in [5, 5.41) is 2.62. The van der Waals surface area contributed by atoms with Gasteiger partial charge < -0.3 is 15.1 Å². The number of carbonyl (C=O) groups excluding carboxylic acids is 1. The largest absolute Gasteiger partial charge is 0.355 e. The first-order valence-corrected chi connectivity index (χ1v) is 8.27. The average Bonchev–Trinajstić information content (AvgIpc) is 2.61. The zero-order valence-electron chi connectivity index (χ0n) is 15.7. The van der Waals surface area contributed by atoms with Crippen LogP contribution >= 0.6 is 0 Å². The third-order valence-electron chi connectivity index (χ3n) is 3.75. The van der Waals surface area contributed by atoms with Crippen molar-refractivity contribution in [3.05, 3.63) is 41.2 Å². The Morgan fingerprint density at radius 3 is 2.16 bits per heavy atom. The van der Waals surface area contributed by atoms with Crippen LogP contribution in [0, 0.1) is 0 Å². The molecule has 1 aromatic heterocycles. The molecule has 0 unspecified atom stereocenters. The van der Waals surface area contributed by atoms with Gasteiger partial charge in [-0.1, -0.05) is 26.0 Å². The van der Waals surface area contributed by atoms with Crippen LogP contribution in [0.4, 0.5) is 11.9 Å². The standard InChI is InChI=1S/C18H26N6O/c1-12(2)15-20-17(23(4)5)22-18(21-15)24(6)11-13-7-9-14(10-8-13)16(25)19-3/h7-10,12H,11H2,1-6H3,(H,19,25). The number of amides is 1. The zero-order valence-corrected chi connectivity index (χ0v) is 15.7. The fourth-order valence-corrected chi connectivity index (χ4v) is 2.25. The van der Waals surface area contributed by atoms with Crippen molar-refractivity contribution >= 4 is 17.8 Å². The molecule has 0 aliphatic heterocycles. The summed E-state index contributed by atoms with van der Waals surface area (Å²) in [7, 11) is 7.41. The van der Waals surface area contributed by atoms with Crippen LogP contribution < -0.4 is 15.1 Å². The minimum Gasteiger partial charge on any atom is -0.355 e. The van der Waals surface area contributed by atoms with Crippen LogP contribution in [-0.2, 0) is 6.54 Å². The van der Waals surface area contributed by atoms with Crippen LogP contribution in [0.25, 0.3) is 0 Å². The van der Waals surface area contributed by atoms with Gasteiger partial charge in [0.15, 0.2) is 0 Å². The lowest BCUT2D eigenvalue weighted by Crippen LogP contribution is -2.23. The molecular weight excluding hydrogens is 316 g/mol. The SMILES string of the molecule is CNC(=O)c1ccc(CN(C)c2nc(C(C)C)nc(N(C)C)n2)cc1. The van der Waals surface area contributed by atoms with Crippen molar-refractivity contribution in [3.8, 4) is 0 Å². The van der Waals surface area contributed by atoms with Gasteiger partial charge in [-0.25, -0.2) is 0 Å². The summed E-state index contributed by atoms with van der Waals surface area (Å²) in [6.07, 6.45) is 0. The van der Waals surface area contributed by atoms with Crippen molar-refractivity contribution in [2.45, 2.75) is 26.3 Å². The van der Waals surface area contributed by atoms with E-state index in [9.17, 15) is 4.79 Å². The number of benzene rings is 1. The summed E-state index contributed by atoms with van der Waals surface area (Å²) in [4.78, 5) is 29.1. The molecule has 1 aromatic carbocycles. The lowest BCUT2D eigenvalue weighted by atomic mass is 10.1. The van der Waals surface area contributed by atoms with E-state index in [1.54, 1.807) is 7.05 Å². The van der Waals surface area contributed by atoms with E-state index < -0.39 is 0 Å². The van der Waals surface area contributed by atoms with Gasteiger partial charge in [-0.05, 0) is 17.7 Å². The van der Waals surface area contributed by atoms with Crippen LogP contribution in [-0.4, -0.2) is 49.0 Å². The zero-order chi connectivity index (χ0) is 18.6. The molecule has 0 saturated carbocycles. The van der Waals surface area contributed by atoms with Gasteiger partial charge in [0.25, 0.3) is 5.91 Å².